The molecule has 0 aromatic heterocycles. The Morgan fingerprint density at radius 2 is 1.57 bits per heavy atom. The van der Waals surface area contributed by atoms with Crippen molar-refractivity contribution in [3.8, 4) is 0 Å². The number of nitrogens with zero attached hydrogens (tertiary/aromatic N) is 1. The van der Waals surface area contributed by atoms with Crippen molar-refractivity contribution in [2.45, 2.75) is 5.54 Å². The van der Waals surface area contributed by atoms with Crippen molar-refractivity contribution in [1.82, 2.24) is 4.90 Å². The lowest BCUT2D eigenvalue weighted by molar-refractivity contribution is -0.113. The van der Waals surface area contributed by atoms with E-state index < -0.39 is 25.4 Å². The standard InChI is InChI=1S/C8H17NO5/c10-3-1-9(2-4-11)8(5-12,6-13)7-14/h3,11-14H,1-2,4-7H2. The highest BCUT2D eigenvalue weighted by Gasteiger charge is 2.34. The van der Waals surface area contributed by atoms with E-state index in [2.05, 4.69) is 0 Å². The van der Waals surface area contributed by atoms with Crippen LogP contribution in [0, 0.1) is 0 Å². The summed E-state index contributed by atoms with van der Waals surface area (Å²) in [6.45, 7) is -1.59. The molecule has 0 atom stereocenters. The van der Waals surface area contributed by atoms with E-state index in [0.717, 1.165) is 0 Å². The van der Waals surface area contributed by atoms with Gasteiger partial charge in [0.1, 0.15) is 6.29 Å². The summed E-state index contributed by atoms with van der Waals surface area (Å²) >= 11 is 0. The van der Waals surface area contributed by atoms with Gasteiger partial charge in [-0.05, 0) is 0 Å². The molecule has 0 aromatic carbocycles. The molecular formula is C8H17NO5. The summed E-state index contributed by atoms with van der Waals surface area (Å²) in [6, 6.07) is 0. The van der Waals surface area contributed by atoms with Gasteiger partial charge in [-0.25, -0.2) is 0 Å². The van der Waals surface area contributed by atoms with E-state index in [0.29, 0.717) is 6.29 Å². The minimum Gasteiger partial charge on any atom is -0.395 e. The first-order chi connectivity index (χ1) is 6.70. The Morgan fingerprint density at radius 3 is 1.86 bits per heavy atom. The summed E-state index contributed by atoms with van der Waals surface area (Å²) in [6.07, 6.45) is 0.589. The molecule has 84 valence electrons. The highest BCUT2D eigenvalue weighted by atomic mass is 16.3. The Kier molecular flexibility index (Phi) is 6.60. The topological polar surface area (TPSA) is 101 Å². The van der Waals surface area contributed by atoms with Gasteiger partial charge in [0.15, 0.2) is 0 Å². The van der Waals surface area contributed by atoms with E-state index in [9.17, 15) is 4.79 Å². The fourth-order valence-corrected chi connectivity index (χ4v) is 1.18. The predicted octanol–water partition coefficient (Wildman–Crippen LogP) is -2.80. The predicted molar refractivity (Wildman–Crippen MR) is 48.7 cm³/mol. The number of hydrogen-bond acceptors (Lipinski definition) is 6. The third kappa shape index (κ3) is 3.00. The fraction of sp³-hybridized carbons (Fsp3) is 0.875. The van der Waals surface area contributed by atoms with Crippen molar-refractivity contribution >= 4 is 6.29 Å². The summed E-state index contributed by atoms with van der Waals surface area (Å²) in [5.74, 6) is 0. The van der Waals surface area contributed by atoms with Gasteiger partial charge in [-0.15, -0.1) is 0 Å². The maximum Gasteiger partial charge on any atom is 0.134 e. The van der Waals surface area contributed by atoms with Gasteiger partial charge in [0, 0.05) is 6.54 Å². The minimum absolute atomic E-state index is 0.0533. The Hall–Kier alpha value is -0.530. The van der Waals surface area contributed by atoms with Gasteiger partial charge in [-0.2, -0.15) is 0 Å². The maximum absolute atomic E-state index is 10.3. The fourth-order valence-electron chi connectivity index (χ4n) is 1.18. The van der Waals surface area contributed by atoms with Gasteiger partial charge in [0.2, 0.25) is 0 Å². The molecule has 4 N–H and O–H groups in total. The van der Waals surface area contributed by atoms with Crippen LogP contribution in [0.25, 0.3) is 0 Å². The SMILES string of the molecule is O=CCN(CCO)C(CO)(CO)CO. The number of aliphatic hydroxyl groups excluding tert-OH is 4. The molecule has 0 radical (unpaired) electrons. The second kappa shape index (κ2) is 6.86. The van der Waals surface area contributed by atoms with Crippen molar-refractivity contribution in [3.63, 3.8) is 0 Å². The first-order valence-electron chi connectivity index (χ1n) is 4.33. The van der Waals surface area contributed by atoms with Gasteiger partial charge < -0.3 is 25.2 Å². The normalized spacial score (nSPS) is 12.1. The van der Waals surface area contributed by atoms with Gasteiger partial charge >= 0.3 is 0 Å². The zero-order valence-corrected chi connectivity index (χ0v) is 7.96. The lowest BCUT2D eigenvalue weighted by Crippen LogP contribution is -2.58. The molecule has 6 heteroatoms. The number of aliphatic hydroxyl groups is 4. The first kappa shape index (κ1) is 13.5. The summed E-state index contributed by atoms with van der Waals surface area (Å²) in [5, 5.41) is 35.8. The molecular weight excluding hydrogens is 190 g/mol. The molecule has 0 aromatic rings. The van der Waals surface area contributed by atoms with Gasteiger partial charge in [0.05, 0.1) is 38.5 Å². The quantitative estimate of drug-likeness (QED) is 0.321. The number of hydrogen-bond donors (Lipinski definition) is 4. The largest absolute Gasteiger partial charge is 0.395 e. The van der Waals surface area contributed by atoms with Gasteiger partial charge in [-0.3, -0.25) is 4.90 Å². The van der Waals surface area contributed by atoms with Crippen LogP contribution in [0.5, 0.6) is 0 Å². The Labute approximate surface area is 82.4 Å². The monoisotopic (exact) mass is 207 g/mol. The Bertz CT molecular complexity index is 152. The van der Waals surface area contributed by atoms with Crippen LogP contribution >= 0.6 is 0 Å². The van der Waals surface area contributed by atoms with Crippen molar-refractivity contribution in [2.75, 3.05) is 39.5 Å². The number of β-amino-alcohol motifs (C(OH)–C–C–N with tert-alkyl or cyclic N) is 1. The van der Waals surface area contributed by atoms with Gasteiger partial charge in [0.25, 0.3) is 0 Å². The highest BCUT2D eigenvalue weighted by Crippen LogP contribution is 2.12. The number of carbonyl (C=O) groups is 1. The first-order valence-corrected chi connectivity index (χ1v) is 4.33. The van der Waals surface area contributed by atoms with Crippen LogP contribution in [0.1, 0.15) is 0 Å². The average Bonchev–Trinajstić information content (AvgIpc) is 2.22. The van der Waals surface area contributed by atoms with E-state index in [1.807, 2.05) is 0 Å². The van der Waals surface area contributed by atoms with Crippen molar-refractivity contribution in [2.24, 2.45) is 0 Å². The van der Waals surface area contributed by atoms with Crippen LogP contribution in [0.3, 0.4) is 0 Å². The van der Waals surface area contributed by atoms with Crippen LogP contribution < -0.4 is 0 Å². The zero-order valence-electron chi connectivity index (χ0n) is 7.96. The molecule has 0 rings (SSSR count). The smallest absolute Gasteiger partial charge is 0.134 e. The second-order valence-electron chi connectivity index (χ2n) is 3.03. The zero-order chi connectivity index (χ0) is 11.0. The molecule has 0 saturated carbocycles. The maximum atomic E-state index is 10.3. The minimum atomic E-state index is -1.25. The van der Waals surface area contributed by atoms with E-state index in [1.165, 1.54) is 4.90 Å². The third-order valence-electron chi connectivity index (χ3n) is 2.22. The second-order valence-corrected chi connectivity index (χ2v) is 3.03. The molecule has 0 aliphatic carbocycles. The van der Waals surface area contributed by atoms with Gasteiger partial charge in [-0.1, -0.05) is 0 Å². The molecule has 6 nitrogen and oxygen atoms in total. The van der Waals surface area contributed by atoms with E-state index in [-0.39, 0.29) is 19.7 Å². The van der Waals surface area contributed by atoms with Crippen molar-refractivity contribution in [3.05, 3.63) is 0 Å². The molecule has 0 saturated heterocycles. The van der Waals surface area contributed by atoms with Crippen LogP contribution in [0.2, 0.25) is 0 Å². The average molecular weight is 207 g/mol. The molecule has 0 spiro atoms. The third-order valence-corrected chi connectivity index (χ3v) is 2.22. The van der Waals surface area contributed by atoms with Crippen molar-refractivity contribution < 1.29 is 25.2 Å². The van der Waals surface area contributed by atoms with Crippen LogP contribution in [0.15, 0.2) is 0 Å². The Morgan fingerprint density at radius 1 is 1.07 bits per heavy atom. The highest BCUT2D eigenvalue weighted by molar-refractivity contribution is 5.52. The number of carbonyl (C=O) groups excluding carboxylic acids is 1. The molecule has 0 unspecified atom stereocenters. The summed E-state index contributed by atoms with van der Waals surface area (Å²) in [4.78, 5) is 11.7. The summed E-state index contributed by atoms with van der Waals surface area (Å²) in [7, 11) is 0. The molecule has 0 aliphatic heterocycles. The summed E-state index contributed by atoms with van der Waals surface area (Å²) in [5.41, 5.74) is -1.25. The van der Waals surface area contributed by atoms with Crippen LogP contribution in [-0.2, 0) is 4.79 Å². The van der Waals surface area contributed by atoms with E-state index in [4.69, 9.17) is 20.4 Å². The van der Waals surface area contributed by atoms with Crippen LogP contribution in [0.4, 0.5) is 0 Å². The van der Waals surface area contributed by atoms with E-state index >= 15 is 0 Å². The number of aldehydes is 1. The lowest BCUT2D eigenvalue weighted by Gasteiger charge is -2.38. The number of rotatable bonds is 8. The molecule has 0 fully saturated rings. The molecule has 0 bridgehead atoms. The van der Waals surface area contributed by atoms with E-state index in [1.54, 1.807) is 0 Å². The Balaban J connectivity index is 4.59. The summed E-state index contributed by atoms with van der Waals surface area (Å²) < 4.78 is 0. The molecule has 0 heterocycles. The molecule has 0 aliphatic rings. The molecule has 14 heavy (non-hydrogen) atoms. The molecule has 0 amide bonds. The van der Waals surface area contributed by atoms with Crippen molar-refractivity contribution in [1.29, 1.82) is 0 Å². The van der Waals surface area contributed by atoms with Crippen LogP contribution in [-0.4, -0.2) is 76.7 Å². The lowest BCUT2D eigenvalue weighted by atomic mass is 10.0.